The van der Waals surface area contributed by atoms with Gasteiger partial charge in [-0.3, -0.25) is 0 Å². The highest BCUT2D eigenvalue weighted by molar-refractivity contribution is 7.89. The highest BCUT2D eigenvalue weighted by atomic mass is 32.2. The molecule has 0 aliphatic carbocycles. The van der Waals surface area contributed by atoms with Gasteiger partial charge < -0.3 is 14.8 Å². The van der Waals surface area contributed by atoms with Crippen LogP contribution in [0.5, 0.6) is 5.75 Å². The van der Waals surface area contributed by atoms with E-state index in [0.717, 1.165) is 12.1 Å². The fraction of sp³-hybridized carbons (Fsp3) is 0.400. The number of rotatable bonds is 9. The molecule has 6 nitrogen and oxygen atoms in total. The second-order valence-corrected chi connectivity index (χ2v) is 8.31. The van der Waals surface area contributed by atoms with Crippen LogP contribution in [-0.2, 0) is 14.8 Å². The van der Waals surface area contributed by atoms with E-state index < -0.39 is 10.0 Å². The molecule has 0 amide bonds. The Morgan fingerprint density at radius 2 is 1.81 bits per heavy atom. The first-order valence-corrected chi connectivity index (χ1v) is 10.7. The van der Waals surface area contributed by atoms with Gasteiger partial charge in [-0.2, -0.15) is 4.31 Å². The minimum Gasteiger partial charge on any atom is -0.491 e. The fourth-order valence-corrected chi connectivity index (χ4v) is 4.55. The highest BCUT2D eigenvalue weighted by Crippen LogP contribution is 2.24. The minimum absolute atomic E-state index is 0.114. The van der Waals surface area contributed by atoms with Gasteiger partial charge >= 0.3 is 0 Å². The third-order valence-corrected chi connectivity index (χ3v) is 6.34. The molecule has 0 bridgehead atoms. The topological polar surface area (TPSA) is 67.9 Å². The van der Waals surface area contributed by atoms with Gasteiger partial charge in [0.2, 0.25) is 10.0 Å². The van der Waals surface area contributed by atoms with Gasteiger partial charge in [-0.25, -0.2) is 8.42 Å². The highest BCUT2D eigenvalue weighted by Gasteiger charge is 2.32. The SMILES string of the molecule is CCOCCOc1ccc(S(=O)(=O)N2CCC(Nc3ccccc3)C2)cc1. The van der Waals surface area contributed by atoms with Crippen LogP contribution in [0.4, 0.5) is 5.69 Å². The standard InChI is InChI=1S/C20H26N2O4S/c1-2-25-14-15-26-19-8-10-20(11-9-19)27(23,24)22-13-12-18(16-22)21-17-6-4-3-5-7-17/h3-11,18,21H,2,12-16H2,1H3. The molecular weight excluding hydrogens is 364 g/mol. The van der Waals surface area contributed by atoms with Gasteiger partial charge in [-0.05, 0) is 49.7 Å². The Hall–Kier alpha value is -2.09. The van der Waals surface area contributed by atoms with E-state index in [-0.39, 0.29) is 6.04 Å². The first kappa shape index (κ1) is 19.7. The van der Waals surface area contributed by atoms with Crippen molar-refractivity contribution in [2.45, 2.75) is 24.3 Å². The number of ether oxygens (including phenoxy) is 2. The second-order valence-electron chi connectivity index (χ2n) is 6.38. The van der Waals surface area contributed by atoms with Crippen molar-refractivity contribution in [1.82, 2.24) is 4.31 Å². The lowest BCUT2D eigenvalue weighted by molar-refractivity contribution is 0.110. The molecule has 0 aromatic heterocycles. The van der Waals surface area contributed by atoms with E-state index in [2.05, 4.69) is 5.32 Å². The molecule has 1 aliphatic heterocycles. The molecule has 3 rings (SSSR count). The van der Waals surface area contributed by atoms with Crippen LogP contribution in [0, 0.1) is 0 Å². The number of hydrogen-bond donors (Lipinski definition) is 1. The molecular formula is C20H26N2O4S. The molecule has 0 radical (unpaired) electrons. The predicted octanol–water partition coefficient (Wildman–Crippen LogP) is 2.98. The van der Waals surface area contributed by atoms with Crippen LogP contribution in [0.2, 0.25) is 0 Å². The normalized spacial score (nSPS) is 17.7. The zero-order valence-electron chi connectivity index (χ0n) is 15.5. The first-order valence-electron chi connectivity index (χ1n) is 9.22. The van der Waals surface area contributed by atoms with E-state index in [1.165, 1.54) is 0 Å². The van der Waals surface area contributed by atoms with E-state index in [4.69, 9.17) is 9.47 Å². The lowest BCUT2D eigenvalue weighted by Crippen LogP contribution is -2.31. The molecule has 0 saturated carbocycles. The number of nitrogens with one attached hydrogen (secondary N) is 1. The van der Waals surface area contributed by atoms with Crippen molar-refractivity contribution in [3.05, 3.63) is 54.6 Å². The van der Waals surface area contributed by atoms with Gasteiger partial charge in [-0.15, -0.1) is 0 Å². The Bertz CT molecular complexity index is 810. The monoisotopic (exact) mass is 390 g/mol. The number of benzene rings is 2. The molecule has 1 unspecified atom stereocenters. The summed E-state index contributed by atoms with van der Waals surface area (Å²) in [5, 5.41) is 3.40. The number of hydrogen-bond acceptors (Lipinski definition) is 5. The molecule has 146 valence electrons. The number of anilines is 1. The van der Waals surface area contributed by atoms with Gasteiger partial charge in [0.15, 0.2) is 0 Å². The quantitative estimate of drug-likeness (QED) is 0.667. The average molecular weight is 391 g/mol. The summed E-state index contributed by atoms with van der Waals surface area (Å²) >= 11 is 0. The van der Waals surface area contributed by atoms with Crippen molar-refractivity contribution in [2.24, 2.45) is 0 Å². The Balaban J connectivity index is 1.58. The lowest BCUT2D eigenvalue weighted by atomic mass is 10.2. The van der Waals surface area contributed by atoms with Crippen molar-refractivity contribution in [3.8, 4) is 5.75 Å². The molecule has 7 heteroatoms. The summed E-state index contributed by atoms with van der Waals surface area (Å²) in [5.41, 5.74) is 1.01. The zero-order chi connectivity index (χ0) is 19.1. The van der Waals surface area contributed by atoms with Gasteiger partial charge in [0.25, 0.3) is 0 Å². The van der Waals surface area contributed by atoms with E-state index in [0.29, 0.717) is 43.6 Å². The number of nitrogens with zero attached hydrogens (tertiary/aromatic N) is 1. The van der Waals surface area contributed by atoms with Crippen LogP contribution in [-0.4, -0.2) is 51.7 Å². The summed E-state index contributed by atoms with van der Waals surface area (Å²) < 4.78 is 38.1. The minimum atomic E-state index is -3.50. The van der Waals surface area contributed by atoms with Crippen molar-refractivity contribution in [1.29, 1.82) is 0 Å². The molecule has 1 saturated heterocycles. The number of sulfonamides is 1. The van der Waals surface area contributed by atoms with Crippen molar-refractivity contribution in [3.63, 3.8) is 0 Å². The van der Waals surface area contributed by atoms with Crippen LogP contribution in [0.25, 0.3) is 0 Å². The Kier molecular flexibility index (Phi) is 6.71. The summed E-state index contributed by atoms with van der Waals surface area (Å²) in [6.07, 6.45) is 0.784. The third kappa shape index (κ3) is 5.22. The summed E-state index contributed by atoms with van der Waals surface area (Å²) in [5.74, 6) is 0.638. The van der Waals surface area contributed by atoms with Crippen LogP contribution >= 0.6 is 0 Å². The van der Waals surface area contributed by atoms with Gasteiger partial charge in [0, 0.05) is 31.4 Å². The van der Waals surface area contributed by atoms with E-state index in [9.17, 15) is 8.42 Å². The largest absolute Gasteiger partial charge is 0.491 e. The molecule has 1 heterocycles. The second kappa shape index (κ2) is 9.21. The van der Waals surface area contributed by atoms with Crippen LogP contribution in [0.1, 0.15) is 13.3 Å². The maximum atomic E-state index is 12.9. The maximum absolute atomic E-state index is 12.9. The smallest absolute Gasteiger partial charge is 0.243 e. The molecule has 27 heavy (non-hydrogen) atoms. The number of para-hydroxylation sites is 1. The van der Waals surface area contributed by atoms with Gasteiger partial charge in [-0.1, -0.05) is 18.2 Å². The fourth-order valence-electron chi connectivity index (χ4n) is 3.05. The van der Waals surface area contributed by atoms with Gasteiger partial charge in [0.05, 0.1) is 11.5 Å². The third-order valence-electron chi connectivity index (χ3n) is 4.46. The van der Waals surface area contributed by atoms with E-state index >= 15 is 0 Å². The van der Waals surface area contributed by atoms with E-state index in [1.807, 2.05) is 37.3 Å². The average Bonchev–Trinajstić information content (AvgIpc) is 3.16. The molecule has 1 aliphatic rings. The molecule has 1 N–H and O–H groups in total. The zero-order valence-corrected chi connectivity index (χ0v) is 16.3. The Morgan fingerprint density at radius 3 is 2.52 bits per heavy atom. The summed E-state index contributed by atoms with van der Waals surface area (Å²) in [7, 11) is -3.50. The summed E-state index contributed by atoms with van der Waals surface area (Å²) in [6.45, 7) is 4.51. The first-order chi connectivity index (χ1) is 13.1. The van der Waals surface area contributed by atoms with E-state index in [1.54, 1.807) is 28.6 Å². The van der Waals surface area contributed by atoms with Crippen LogP contribution < -0.4 is 10.1 Å². The van der Waals surface area contributed by atoms with Crippen molar-refractivity contribution in [2.75, 3.05) is 38.2 Å². The summed E-state index contributed by atoms with van der Waals surface area (Å²) in [4.78, 5) is 0.292. The maximum Gasteiger partial charge on any atom is 0.243 e. The molecule has 1 atom stereocenters. The Labute approximate surface area is 161 Å². The molecule has 0 spiro atoms. The van der Waals surface area contributed by atoms with Crippen LogP contribution in [0.15, 0.2) is 59.5 Å². The predicted molar refractivity (Wildman–Crippen MR) is 106 cm³/mol. The van der Waals surface area contributed by atoms with Crippen LogP contribution in [0.3, 0.4) is 0 Å². The Morgan fingerprint density at radius 1 is 1.07 bits per heavy atom. The summed E-state index contributed by atoms with van der Waals surface area (Å²) in [6, 6.07) is 16.6. The van der Waals surface area contributed by atoms with Crippen molar-refractivity contribution >= 4 is 15.7 Å². The molecule has 2 aromatic rings. The van der Waals surface area contributed by atoms with Gasteiger partial charge in [0.1, 0.15) is 12.4 Å². The van der Waals surface area contributed by atoms with Crippen molar-refractivity contribution < 1.29 is 17.9 Å². The lowest BCUT2D eigenvalue weighted by Gasteiger charge is -2.18. The molecule has 2 aromatic carbocycles. The molecule has 1 fully saturated rings.